The van der Waals surface area contributed by atoms with Crippen molar-refractivity contribution < 1.29 is 4.39 Å². The van der Waals surface area contributed by atoms with Crippen LogP contribution in [0.4, 0.5) is 4.39 Å². The lowest BCUT2D eigenvalue weighted by molar-refractivity contribution is 0.197. The van der Waals surface area contributed by atoms with Gasteiger partial charge in [0.1, 0.15) is 5.82 Å². The highest BCUT2D eigenvalue weighted by Crippen LogP contribution is 2.16. The second-order valence-electron chi connectivity index (χ2n) is 4.33. The number of rotatable bonds is 2. The van der Waals surface area contributed by atoms with E-state index in [0.29, 0.717) is 17.6 Å². The van der Waals surface area contributed by atoms with E-state index in [1.807, 2.05) is 0 Å². The fourth-order valence-electron chi connectivity index (χ4n) is 2.05. The maximum absolute atomic E-state index is 13.6. The SMILES string of the molecule is CC1CN(Cc2ccc(Cl)cc2F)CCN1.Cl. The summed E-state index contributed by atoms with van der Waals surface area (Å²) >= 11 is 5.72. The van der Waals surface area contributed by atoms with Crippen molar-refractivity contribution >= 4 is 24.0 Å². The van der Waals surface area contributed by atoms with Crippen molar-refractivity contribution in [3.63, 3.8) is 0 Å². The highest BCUT2D eigenvalue weighted by Gasteiger charge is 2.16. The average Bonchev–Trinajstić information content (AvgIpc) is 2.22. The molecule has 1 aliphatic rings. The summed E-state index contributed by atoms with van der Waals surface area (Å²) in [4.78, 5) is 2.26. The molecule has 0 radical (unpaired) electrons. The molecule has 1 saturated heterocycles. The highest BCUT2D eigenvalue weighted by molar-refractivity contribution is 6.30. The van der Waals surface area contributed by atoms with E-state index >= 15 is 0 Å². The third-order valence-corrected chi connectivity index (χ3v) is 3.10. The number of nitrogens with one attached hydrogen (secondary N) is 1. The number of hydrogen-bond donors (Lipinski definition) is 1. The molecule has 1 heterocycles. The molecule has 0 amide bonds. The van der Waals surface area contributed by atoms with Crippen LogP contribution in [0.15, 0.2) is 18.2 Å². The Morgan fingerprint density at radius 3 is 2.94 bits per heavy atom. The number of benzene rings is 1. The first-order chi connectivity index (χ1) is 7.65. The Morgan fingerprint density at radius 1 is 1.53 bits per heavy atom. The van der Waals surface area contributed by atoms with Crippen LogP contribution in [0, 0.1) is 5.82 Å². The van der Waals surface area contributed by atoms with E-state index in [-0.39, 0.29) is 18.2 Å². The number of hydrogen-bond acceptors (Lipinski definition) is 2. The summed E-state index contributed by atoms with van der Waals surface area (Å²) in [5.74, 6) is -0.210. The van der Waals surface area contributed by atoms with Crippen molar-refractivity contribution in [3.05, 3.63) is 34.6 Å². The standard InChI is InChI=1S/C12H16ClFN2.ClH/c1-9-7-16(5-4-15-9)8-10-2-3-11(13)6-12(10)14;/h2-3,6,9,15H,4-5,7-8H2,1H3;1H. The maximum Gasteiger partial charge on any atom is 0.129 e. The molecule has 0 aromatic heterocycles. The van der Waals surface area contributed by atoms with Crippen molar-refractivity contribution in [3.8, 4) is 0 Å². The van der Waals surface area contributed by atoms with Gasteiger partial charge < -0.3 is 5.32 Å². The van der Waals surface area contributed by atoms with E-state index in [9.17, 15) is 4.39 Å². The first-order valence-electron chi connectivity index (χ1n) is 5.55. The largest absolute Gasteiger partial charge is 0.312 e. The lowest BCUT2D eigenvalue weighted by atomic mass is 10.1. The van der Waals surface area contributed by atoms with Gasteiger partial charge in [-0.25, -0.2) is 4.39 Å². The quantitative estimate of drug-likeness (QED) is 0.895. The summed E-state index contributed by atoms with van der Waals surface area (Å²) in [7, 11) is 0. The second kappa shape index (κ2) is 6.55. The third-order valence-electron chi connectivity index (χ3n) is 2.86. The predicted octanol–water partition coefficient (Wildman–Crippen LogP) is 2.69. The molecule has 1 fully saturated rings. The molecule has 1 atom stereocenters. The van der Waals surface area contributed by atoms with Gasteiger partial charge in [-0.2, -0.15) is 0 Å². The molecule has 0 saturated carbocycles. The summed E-state index contributed by atoms with van der Waals surface area (Å²) < 4.78 is 13.6. The van der Waals surface area contributed by atoms with Crippen LogP contribution >= 0.6 is 24.0 Å². The van der Waals surface area contributed by atoms with E-state index in [0.717, 1.165) is 25.2 Å². The van der Waals surface area contributed by atoms with Gasteiger partial charge in [0.05, 0.1) is 0 Å². The van der Waals surface area contributed by atoms with Crippen molar-refractivity contribution in [1.82, 2.24) is 10.2 Å². The zero-order valence-electron chi connectivity index (χ0n) is 9.75. The van der Waals surface area contributed by atoms with Crippen LogP contribution < -0.4 is 5.32 Å². The van der Waals surface area contributed by atoms with Crippen LogP contribution in [-0.4, -0.2) is 30.6 Å². The van der Waals surface area contributed by atoms with Crippen LogP contribution in [-0.2, 0) is 6.54 Å². The molecule has 1 aromatic carbocycles. The molecule has 5 heteroatoms. The topological polar surface area (TPSA) is 15.3 Å². The van der Waals surface area contributed by atoms with Gasteiger partial charge in [-0.15, -0.1) is 12.4 Å². The lowest BCUT2D eigenvalue weighted by Gasteiger charge is -2.31. The summed E-state index contributed by atoms with van der Waals surface area (Å²) in [6, 6.07) is 5.36. The Kier molecular flexibility index (Phi) is 5.67. The lowest BCUT2D eigenvalue weighted by Crippen LogP contribution is -2.48. The molecule has 1 N–H and O–H groups in total. The molecule has 0 aliphatic carbocycles. The molecule has 1 unspecified atom stereocenters. The number of piperazine rings is 1. The molecule has 0 spiro atoms. The number of nitrogens with zero attached hydrogens (tertiary/aromatic N) is 1. The van der Waals surface area contributed by atoms with Gasteiger partial charge in [-0.1, -0.05) is 17.7 Å². The fourth-order valence-corrected chi connectivity index (χ4v) is 2.21. The van der Waals surface area contributed by atoms with E-state index in [1.165, 1.54) is 6.07 Å². The van der Waals surface area contributed by atoms with Gasteiger partial charge in [-0.05, 0) is 19.1 Å². The summed E-state index contributed by atoms with van der Waals surface area (Å²) in [6.07, 6.45) is 0. The zero-order valence-corrected chi connectivity index (χ0v) is 11.3. The highest BCUT2D eigenvalue weighted by atomic mass is 35.5. The molecule has 0 bridgehead atoms. The van der Waals surface area contributed by atoms with E-state index < -0.39 is 0 Å². The van der Waals surface area contributed by atoms with Gasteiger partial charge in [0.25, 0.3) is 0 Å². The van der Waals surface area contributed by atoms with Crippen molar-refractivity contribution in [2.75, 3.05) is 19.6 Å². The Bertz CT molecular complexity index is 374. The van der Waals surface area contributed by atoms with Crippen LogP contribution in [0.2, 0.25) is 5.02 Å². The van der Waals surface area contributed by atoms with Gasteiger partial charge >= 0.3 is 0 Å². The summed E-state index contributed by atoms with van der Waals surface area (Å²) in [5.41, 5.74) is 0.721. The second-order valence-corrected chi connectivity index (χ2v) is 4.76. The fraction of sp³-hybridized carbons (Fsp3) is 0.500. The average molecular weight is 279 g/mol. The molecule has 2 nitrogen and oxygen atoms in total. The molecule has 2 rings (SSSR count). The molecular weight excluding hydrogens is 262 g/mol. The van der Waals surface area contributed by atoms with Crippen molar-refractivity contribution in [2.24, 2.45) is 0 Å². The van der Waals surface area contributed by atoms with E-state index in [4.69, 9.17) is 11.6 Å². The first kappa shape index (κ1) is 14.7. The van der Waals surface area contributed by atoms with Crippen molar-refractivity contribution in [2.45, 2.75) is 19.5 Å². The zero-order chi connectivity index (χ0) is 11.5. The van der Waals surface area contributed by atoms with Crippen LogP contribution in [0.25, 0.3) is 0 Å². The Hall–Kier alpha value is -0.350. The molecular formula is C12H17Cl2FN2. The van der Waals surface area contributed by atoms with Gasteiger partial charge in [0, 0.05) is 42.8 Å². The molecule has 1 aliphatic heterocycles. The minimum atomic E-state index is -0.210. The number of halogens is 3. The Balaban J connectivity index is 0.00000144. The van der Waals surface area contributed by atoms with Crippen molar-refractivity contribution in [1.29, 1.82) is 0 Å². The normalized spacial score (nSPS) is 21.0. The monoisotopic (exact) mass is 278 g/mol. The Morgan fingerprint density at radius 2 is 2.29 bits per heavy atom. The van der Waals surface area contributed by atoms with Gasteiger partial charge in [-0.3, -0.25) is 4.90 Å². The predicted molar refractivity (Wildman–Crippen MR) is 71.4 cm³/mol. The maximum atomic E-state index is 13.6. The van der Waals surface area contributed by atoms with Gasteiger partial charge in [0.2, 0.25) is 0 Å². The third kappa shape index (κ3) is 4.11. The van der Waals surface area contributed by atoms with E-state index in [2.05, 4.69) is 17.1 Å². The van der Waals surface area contributed by atoms with Crippen LogP contribution in [0.1, 0.15) is 12.5 Å². The summed E-state index contributed by atoms with van der Waals surface area (Å²) in [6.45, 7) is 5.70. The van der Waals surface area contributed by atoms with Gasteiger partial charge in [0.15, 0.2) is 0 Å². The van der Waals surface area contributed by atoms with Crippen LogP contribution in [0.3, 0.4) is 0 Å². The summed E-state index contributed by atoms with van der Waals surface area (Å²) in [5, 5.41) is 3.82. The minimum absolute atomic E-state index is 0. The molecule has 1 aromatic rings. The first-order valence-corrected chi connectivity index (χ1v) is 5.92. The molecule has 96 valence electrons. The minimum Gasteiger partial charge on any atom is -0.312 e. The Labute approximate surface area is 113 Å². The van der Waals surface area contributed by atoms with Crippen LogP contribution in [0.5, 0.6) is 0 Å². The van der Waals surface area contributed by atoms with E-state index in [1.54, 1.807) is 12.1 Å². The molecule has 17 heavy (non-hydrogen) atoms. The smallest absolute Gasteiger partial charge is 0.129 e.